The van der Waals surface area contributed by atoms with Gasteiger partial charge in [-0.05, 0) is 18.4 Å². The van der Waals surface area contributed by atoms with Crippen LogP contribution in [0, 0.1) is 11.3 Å². The number of halogens is 1. The van der Waals surface area contributed by atoms with Gasteiger partial charge in [-0.15, -0.1) is 11.8 Å². The van der Waals surface area contributed by atoms with Gasteiger partial charge < -0.3 is 14.8 Å². The van der Waals surface area contributed by atoms with Gasteiger partial charge in [-0.1, -0.05) is 23.7 Å². The highest BCUT2D eigenvalue weighted by Crippen LogP contribution is 2.27. The van der Waals surface area contributed by atoms with Gasteiger partial charge in [0, 0.05) is 23.9 Å². The number of hydrogen-bond acceptors (Lipinski definition) is 7. The van der Waals surface area contributed by atoms with Crippen LogP contribution in [0.1, 0.15) is 0 Å². The Morgan fingerprint density at radius 3 is 2.23 bits per heavy atom. The number of anilines is 1. The van der Waals surface area contributed by atoms with Crippen LogP contribution in [0.5, 0.6) is 11.5 Å². The highest BCUT2D eigenvalue weighted by atomic mass is 35.5. The van der Waals surface area contributed by atoms with Crippen molar-refractivity contribution >= 4 is 45.0 Å². The summed E-state index contributed by atoms with van der Waals surface area (Å²) in [4.78, 5) is 12.5. The quantitative estimate of drug-likeness (QED) is 0.451. The Labute approximate surface area is 183 Å². The van der Waals surface area contributed by atoms with E-state index in [4.69, 9.17) is 21.1 Å². The maximum atomic E-state index is 12.7. The van der Waals surface area contributed by atoms with Gasteiger partial charge in [0.2, 0.25) is 0 Å². The monoisotopic (exact) mass is 467 g/mol. The number of ether oxygens (including phenoxy) is 2. The van der Waals surface area contributed by atoms with Gasteiger partial charge in [-0.2, -0.15) is 5.26 Å². The third kappa shape index (κ3) is 5.60. The lowest BCUT2D eigenvalue weighted by Gasteiger charge is -2.13. The fourth-order valence-corrected chi connectivity index (χ4v) is 4.80. The first-order valence-electron chi connectivity index (χ1n) is 8.25. The molecule has 0 aliphatic heterocycles. The number of methoxy groups -OCH3 is 2. The maximum Gasteiger partial charge on any atom is 0.269 e. The molecule has 8 nitrogen and oxygen atoms in total. The first-order chi connectivity index (χ1) is 14.2. The maximum absolute atomic E-state index is 12.7. The number of amides is 1. The zero-order valence-electron chi connectivity index (χ0n) is 16.2. The molecule has 2 N–H and O–H groups in total. The van der Waals surface area contributed by atoms with E-state index in [1.54, 1.807) is 18.2 Å². The van der Waals surface area contributed by atoms with Crippen molar-refractivity contribution in [1.82, 2.24) is 4.72 Å². The van der Waals surface area contributed by atoms with Crippen LogP contribution in [0.4, 0.5) is 5.69 Å². The molecule has 0 unspecified atom stereocenters. The van der Waals surface area contributed by atoms with E-state index in [1.807, 2.05) is 0 Å². The van der Waals surface area contributed by atoms with E-state index in [0.29, 0.717) is 17.2 Å². The van der Waals surface area contributed by atoms with Gasteiger partial charge in [-0.25, -0.2) is 8.42 Å². The molecular formula is C19H18ClN3O5S2. The summed E-state index contributed by atoms with van der Waals surface area (Å²) in [5.74, 6) is 0.0484. The number of sulfonamides is 1. The molecule has 0 aliphatic carbocycles. The highest BCUT2D eigenvalue weighted by molar-refractivity contribution is 8.03. The van der Waals surface area contributed by atoms with E-state index in [0.717, 1.165) is 11.8 Å². The van der Waals surface area contributed by atoms with Crippen LogP contribution in [0.2, 0.25) is 5.02 Å². The normalized spacial score (nSPS) is 11.7. The van der Waals surface area contributed by atoms with Crippen LogP contribution in [0.25, 0.3) is 0 Å². The summed E-state index contributed by atoms with van der Waals surface area (Å²) >= 11 is 6.86. The third-order valence-electron chi connectivity index (χ3n) is 3.73. The molecule has 0 spiro atoms. The minimum Gasteiger partial charge on any atom is -0.497 e. The average molecular weight is 468 g/mol. The van der Waals surface area contributed by atoms with Crippen LogP contribution >= 0.6 is 23.4 Å². The number of benzene rings is 2. The number of carbonyl (C=O) groups is 1. The molecule has 0 saturated heterocycles. The van der Waals surface area contributed by atoms with Crippen LogP contribution in [0.15, 0.2) is 58.0 Å². The number of nitrogens with one attached hydrogen (secondary N) is 2. The molecule has 0 saturated carbocycles. The van der Waals surface area contributed by atoms with Crippen molar-refractivity contribution in [3.63, 3.8) is 0 Å². The minimum absolute atomic E-state index is 0.0110. The van der Waals surface area contributed by atoms with Crippen LogP contribution in [-0.4, -0.2) is 34.8 Å². The molecule has 2 aromatic carbocycles. The summed E-state index contributed by atoms with van der Waals surface area (Å²) in [5, 5.41) is 11.9. The first-order valence-corrected chi connectivity index (χ1v) is 11.3. The van der Waals surface area contributed by atoms with Crippen molar-refractivity contribution in [2.45, 2.75) is 4.90 Å². The Kier molecular flexibility index (Phi) is 8.00. The van der Waals surface area contributed by atoms with Crippen molar-refractivity contribution in [1.29, 1.82) is 5.26 Å². The number of rotatable bonds is 8. The fraction of sp³-hybridized carbons (Fsp3) is 0.158. The number of carbonyl (C=O) groups excluding carboxylic acids is 1. The van der Waals surface area contributed by atoms with E-state index in [9.17, 15) is 18.5 Å². The van der Waals surface area contributed by atoms with Crippen molar-refractivity contribution in [2.24, 2.45) is 0 Å². The largest absolute Gasteiger partial charge is 0.497 e. The second-order valence-corrected chi connectivity index (χ2v) is 8.49. The molecule has 0 aromatic heterocycles. The zero-order chi connectivity index (χ0) is 22.3. The molecule has 0 atom stereocenters. The molecule has 0 aliphatic rings. The summed E-state index contributed by atoms with van der Waals surface area (Å²) < 4.78 is 37.9. The number of thioether (sulfide) groups is 1. The molecule has 0 radical (unpaired) electrons. The SMILES string of the molecule is COc1cc(NC(=O)C(C#N)=C(NS(=O)(=O)c2ccccc2Cl)SC)cc(OC)c1. The lowest BCUT2D eigenvalue weighted by Crippen LogP contribution is -2.26. The lowest BCUT2D eigenvalue weighted by atomic mass is 10.2. The van der Waals surface area contributed by atoms with Crippen LogP contribution in [0.3, 0.4) is 0 Å². The third-order valence-corrected chi connectivity index (χ3v) is 6.43. The average Bonchev–Trinajstić information content (AvgIpc) is 2.73. The Morgan fingerprint density at radius 2 is 1.73 bits per heavy atom. The van der Waals surface area contributed by atoms with Gasteiger partial charge in [0.05, 0.1) is 19.2 Å². The summed E-state index contributed by atoms with van der Waals surface area (Å²) in [7, 11) is -1.21. The second kappa shape index (κ2) is 10.2. The van der Waals surface area contributed by atoms with Gasteiger partial charge in [-0.3, -0.25) is 9.52 Å². The number of nitriles is 1. The number of nitrogens with zero attached hydrogens (tertiary/aromatic N) is 1. The van der Waals surface area contributed by atoms with E-state index in [1.165, 1.54) is 50.8 Å². The second-order valence-electron chi connectivity index (χ2n) is 5.61. The summed E-state index contributed by atoms with van der Waals surface area (Å²) in [6.45, 7) is 0. The predicted molar refractivity (Wildman–Crippen MR) is 116 cm³/mol. The summed E-state index contributed by atoms with van der Waals surface area (Å²) in [5.41, 5.74) is -0.113. The van der Waals surface area contributed by atoms with Gasteiger partial charge >= 0.3 is 0 Å². The standard InChI is InChI=1S/C19H18ClN3O5S2/c1-27-13-8-12(9-14(10-13)28-2)22-18(24)15(11-21)19(29-3)23-30(25,26)17-7-5-4-6-16(17)20/h4-10,23H,1-3H3,(H,22,24). The van der Waals surface area contributed by atoms with Crippen LogP contribution in [-0.2, 0) is 14.8 Å². The van der Waals surface area contributed by atoms with E-state index in [2.05, 4.69) is 10.0 Å². The Bertz CT molecular complexity index is 1100. The molecule has 0 bridgehead atoms. The number of hydrogen-bond donors (Lipinski definition) is 2. The molecule has 2 rings (SSSR count). The van der Waals surface area contributed by atoms with E-state index < -0.39 is 21.5 Å². The van der Waals surface area contributed by atoms with Crippen molar-refractivity contribution in [3.05, 3.63) is 58.1 Å². The van der Waals surface area contributed by atoms with Gasteiger partial charge in [0.1, 0.15) is 33.1 Å². The molecule has 11 heteroatoms. The van der Waals surface area contributed by atoms with Gasteiger partial charge in [0.25, 0.3) is 15.9 Å². The Morgan fingerprint density at radius 1 is 1.13 bits per heavy atom. The smallest absolute Gasteiger partial charge is 0.269 e. The van der Waals surface area contributed by atoms with E-state index >= 15 is 0 Å². The first kappa shape index (κ1) is 23.4. The fourth-order valence-electron chi connectivity index (χ4n) is 2.31. The summed E-state index contributed by atoms with van der Waals surface area (Å²) in [6, 6.07) is 12.3. The van der Waals surface area contributed by atoms with Crippen LogP contribution < -0.4 is 19.5 Å². The minimum atomic E-state index is -4.12. The molecule has 1 amide bonds. The molecular weight excluding hydrogens is 450 g/mol. The lowest BCUT2D eigenvalue weighted by molar-refractivity contribution is -0.112. The molecule has 0 fully saturated rings. The summed E-state index contributed by atoms with van der Waals surface area (Å²) in [6.07, 6.45) is 1.53. The Hall–Kier alpha value is -2.87. The van der Waals surface area contributed by atoms with Gasteiger partial charge in [0.15, 0.2) is 0 Å². The molecule has 30 heavy (non-hydrogen) atoms. The molecule has 158 valence electrons. The van der Waals surface area contributed by atoms with Crippen molar-refractivity contribution in [2.75, 3.05) is 25.8 Å². The topological polar surface area (TPSA) is 118 Å². The zero-order valence-corrected chi connectivity index (χ0v) is 18.6. The molecule has 0 heterocycles. The Balaban J connectivity index is 2.38. The van der Waals surface area contributed by atoms with Crippen molar-refractivity contribution in [3.8, 4) is 17.6 Å². The molecule has 2 aromatic rings. The van der Waals surface area contributed by atoms with E-state index in [-0.39, 0.29) is 14.9 Å². The van der Waals surface area contributed by atoms with Crippen molar-refractivity contribution < 1.29 is 22.7 Å². The predicted octanol–water partition coefficient (Wildman–Crippen LogP) is 3.37. The highest BCUT2D eigenvalue weighted by Gasteiger charge is 2.23.